The van der Waals surface area contributed by atoms with Crippen molar-refractivity contribution in [3.05, 3.63) is 59.7 Å². The van der Waals surface area contributed by atoms with E-state index in [1.807, 2.05) is 43.3 Å². The van der Waals surface area contributed by atoms with Crippen molar-refractivity contribution in [1.82, 2.24) is 4.90 Å². The van der Waals surface area contributed by atoms with Crippen molar-refractivity contribution in [2.45, 2.75) is 51.7 Å². The normalized spacial score (nSPS) is 22.3. The molecular weight excluding hydrogens is 406 g/mol. The third kappa shape index (κ3) is 5.18. The van der Waals surface area contributed by atoms with Gasteiger partial charge < -0.3 is 24.2 Å². The van der Waals surface area contributed by atoms with Gasteiger partial charge in [0.15, 0.2) is 11.5 Å². The van der Waals surface area contributed by atoms with E-state index < -0.39 is 11.5 Å². The molecule has 32 heavy (non-hydrogen) atoms. The number of rotatable bonds is 8. The van der Waals surface area contributed by atoms with E-state index in [-0.39, 0.29) is 18.1 Å². The number of methoxy groups -OCH3 is 2. The zero-order chi connectivity index (χ0) is 23.3. The molecule has 1 fully saturated rings. The minimum Gasteiger partial charge on any atom is -0.493 e. The van der Waals surface area contributed by atoms with Crippen molar-refractivity contribution in [3.8, 4) is 11.5 Å². The molecule has 6 nitrogen and oxygen atoms in total. The summed E-state index contributed by atoms with van der Waals surface area (Å²) in [6, 6.07) is 16.2. The topological polar surface area (TPSA) is 68.2 Å². The van der Waals surface area contributed by atoms with Crippen molar-refractivity contribution in [2.24, 2.45) is 5.41 Å². The van der Waals surface area contributed by atoms with Crippen molar-refractivity contribution in [1.29, 1.82) is 0 Å². The summed E-state index contributed by atoms with van der Waals surface area (Å²) in [7, 11) is 3.01. The van der Waals surface area contributed by atoms with Gasteiger partial charge in [-0.1, -0.05) is 43.3 Å². The fourth-order valence-electron chi connectivity index (χ4n) is 4.48. The van der Waals surface area contributed by atoms with E-state index in [4.69, 9.17) is 14.2 Å². The molecule has 4 atom stereocenters. The summed E-state index contributed by atoms with van der Waals surface area (Å²) in [6.07, 6.45) is 0.832. The van der Waals surface area contributed by atoms with E-state index in [2.05, 4.69) is 19.1 Å². The number of hydrogen-bond acceptors (Lipinski definition) is 5. The van der Waals surface area contributed by atoms with Crippen molar-refractivity contribution in [3.63, 3.8) is 0 Å². The van der Waals surface area contributed by atoms with Crippen molar-refractivity contribution < 1.29 is 24.1 Å². The van der Waals surface area contributed by atoms with Crippen LogP contribution in [0, 0.1) is 5.41 Å². The van der Waals surface area contributed by atoms with Crippen LogP contribution in [0.5, 0.6) is 11.5 Å². The number of likely N-dealkylation sites (tertiary alicyclic amines) is 1. The molecule has 1 heterocycles. The average molecular weight is 442 g/mol. The first-order valence-corrected chi connectivity index (χ1v) is 11.2. The summed E-state index contributed by atoms with van der Waals surface area (Å²) in [6.45, 7) is 6.75. The van der Waals surface area contributed by atoms with E-state index in [0.29, 0.717) is 24.6 Å². The second-order valence-electron chi connectivity index (χ2n) is 8.95. The second-order valence-corrected chi connectivity index (χ2v) is 8.95. The Morgan fingerprint density at radius 1 is 1.16 bits per heavy atom. The number of aliphatic hydroxyl groups excluding tert-OH is 1. The molecule has 1 N–H and O–H groups in total. The molecule has 1 saturated heterocycles. The highest BCUT2D eigenvalue weighted by Gasteiger charge is 2.48. The number of ether oxygens (including phenoxy) is 3. The van der Waals surface area contributed by atoms with Gasteiger partial charge in [-0.05, 0) is 49.9 Å². The first kappa shape index (κ1) is 23.9. The van der Waals surface area contributed by atoms with Crippen LogP contribution < -0.4 is 9.47 Å². The molecule has 0 saturated carbocycles. The number of carbonyl (C=O) groups is 1. The van der Waals surface area contributed by atoms with Crippen molar-refractivity contribution in [2.75, 3.05) is 27.3 Å². The second kappa shape index (κ2) is 10.3. The number of aryl methyl sites for hydroxylation is 1. The van der Waals surface area contributed by atoms with Crippen LogP contribution >= 0.6 is 0 Å². The molecule has 4 unspecified atom stereocenters. The molecule has 174 valence electrons. The summed E-state index contributed by atoms with van der Waals surface area (Å²) < 4.78 is 16.8. The van der Waals surface area contributed by atoms with Crippen LogP contribution in [0.15, 0.2) is 48.5 Å². The summed E-state index contributed by atoms with van der Waals surface area (Å²) >= 11 is 0. The molecular formula is C26H35NO5. The van der Waals surface area contributed by atoms with Gasteiger partial charge >= 0.3 is 6.09 Å². The SMILES string of the molecule is COC(=O)N1CC(c2ccc(OC)c(OC(C)CCc3ccccc3)c2)C(C)(C(C)O)C1. The minimum atomic E-state index is -0.599. The largest absolute Gasteiger partial charge is 0.493 e. The maximum absolute atomic E-state index is 12.2. The predicted molar refractivity (Wildman–Crippen MR) is 124 cm³/mol. The maximum atomic E-state index is 12.2. The minimum absolute atomic E-state index is 0.00218. The number of hydrogen-bond donors (Lipinski definition) is 1. The average Bonchev–Trinajstić information content (AvgIpc) is 3.17. The Kier molecular flexibility index (Phi) is 7.67. The van der Waals surface area contributed by atoms with Crippen LogP contribution in [0.3, 0.4) is 0 Å². The number of benzene rings is 2. The van der Waals surface area contributed by atoms with Crippen LogP contribution in [0.4, 0.5) is 4.79 Å². The lowest BCUT2D eigenvalue weighted by atomic mass is 9.72. The number of carbonyl (C=O) groups excluding carboxylic acids is 1. The van der Waals surface area contributed by atoms with Crippen LogP contribution in [-0.4, -0.2) is 55.6 Å². The zero-order valence-corrected chi connectivity index (χ0v) is 19.7. The fraction of sp³-hybridized carbons (Fsp3) is 0.500. The summed E-state index contributed by atoms with van der Waals surface area (Å²) in [5.41, 5.74) is 1.79. The lowest BCUT2D eigenvalue weighted by molar-refractivity contribution is 0.0470. The highest BCUT2D eigenvalue weighted by Crippen LogP contribution is 2.47. The first-order chi connectivity index (χ1) is 15.3. The molecule has 0 aromatic heterocycles. The molecule has 0 aliphatic carbocycles. The quantitative estimate of drug-likeness (QED) is 0.646. The molecule has 6 heteroatoms. The summed E-state index contributed by atoms with van der Waals surface area (Å²) in [5.74, 6) is 1.28. The molecule has 1 aliphatic rings. The van der Waals surface area contributed by atoms with E-state index in [9.17, 15) is 9.90 Å². The molecule has 0 radical (unpaired) electrons. The molecule has 1 amide bonds. The third-order valence-corrected chi connectivity index (χ3v) is 6.72. The highest BCUT2D eigenvalue weighted by molar-refractivity contribution is 5.68. The standard InChI is InChI=1S/C26H35NO5/c1-18(11-12-20-9-7-6-8-10-20)32-24-15-21(13-14-23(24)30-4)22-16-27(25(29)31-5)17-26(22,3)19(2)28/h6-10,13-15,18-19,22,28H,11-12,16-17H2,1-5H3. The van der Waals surface area contributed by atoms with Gasteiger partial charge in [-0.25, -0.2) is 4.79 Å². The number of amides is 1. The van der Waals surface area contributed by atoms with E-state index in [1.165, 1.54) is 12.7 Å². The van der Waals surface area contributed by atoms with Gasteiger partial charge in [0.1, 0.15) is 0 Å². The van der Waals surface area contributed by atoms with E-state index in [1.54, 1.807) is 18.9 Å². The molecule has 2 aromatic carbocycles. The highest BCUT2D eigenvalue weighted by atomic mass is 16.5. The van der Waals surface area contributed by atoms with Gasteiger partial charge in [0.2, 0.25) is 0 Å². The summed E-state index contributed by atoms with van der Waals surface area (Å²) in [4.78, 5) is 13.8. The molecule has 2 aromatic rings. The Labute approximate surface area is 191 Å². The van der Waals surface area contributed by atoms with Crippen LogP contribution in [0.1, 0.15) is 44.2 Å². The Hall–Kier alpha value is -2.73. The van der Waals surface area contributed by atoms with Crippen LogP contribution in [-0.2, 0) is 11.2 Å². The van der Waals surface area contributed by atoms with Gasteiger partial charge in [-0.3, -0.25) is 0 Å². The zero-order valence-electron chi connectivity index (χ0n) is 19.7. The summed E-state index contributed by atoms with van der Waals surface area (Å²) in [5, 5.41) is 10.6. The van der Waals surface area contributed by atoms with Gasteiger partial charge in [0.05, 0.1) is 26.4 Å². The Morgan fingerprint density at radius 3 is 2.50 bits per heavy atom. The Bertz CT molecular complexity index is 900. The number of aliphatic hydroxyl groups is 1. The lowest BCUT2D eigenvalue weighted by Crippen LogP contribution is -2.38. The van der Waals surface area contributed by atoms with E-state index in [0.717, 1.165) is 18.4 Å². The molecule has 3 rings (SSSR count). The lowest BCUT2D eigenvalue weighted by Gasteiger charge is -2.33. The van der Waals surface area contributed by atoms with Crippen molar-refractivity contribution >= 4 is 6.09 Å². The Balaban J connectivity index is 1.80. The fourth-order valence-corrected chi connectivity index (χ4v) is 4.48. The Morgan fingerprint density at radius 2 is 1.88 bits per heavy atom. The van der Waals surface area contributed by atoms with Crippen LogP contribution in [0.25, 0.3) is 0 Å². The van der Waals surface area contributed by atoms with Gasteiger partial charge in [0.25, 0.3) is 0 Å². The maximum Gasteiger partial charge on any atom is 0.409 e. The van der Waals surface area contributed by atoms with Gasteiger partial charge in [0, 0.05) is 24.4 Å². The molecule has 0 bridgehead atoms. The van der Waals surface area contributed by atoms with Gasteiger partial charge in [-0.2, -0.15) is 0 Å². The smallest absolute Gasteiger partial charge is 0.409 e. The van der Waals surface area contributed by atoms with E-state index >= 15 is 0 Å². The molecule has 0 spiro atoms. The van der Waals surface area contributed by atoms with Crippen LogP contribution in [0.2, 0.25) is 0 Å². The van der Waals surface area contributed by atoms with Gasteiger partial charge in [-0.15, -0.1) is 0 Å². The number of nitrogens with zero attached hydrogens (tertiary/aromatic N) is 1. The third-order valence-electron chi connectivity index (χ3n) is 6.72. The predicted octanol–water partition coefficient (Wildman–Crippen LogP) is 4.65. The monoisotopic (exact) mass is 441 g/mol. The first-order valence-electron chi connectivity index (χ1n) is 11.2. The molecule has 1 aliphatic heterocycles.